The van der Waals surface area contributed by atoms with E-state index in [2.05, 4.69) is 127 Å². The maximum absolute atomic E-state index is 6.68. The maximum atomic E-state index is 6.68. The summed E-state index contributed by atoms with van der Waals surface area (Å²) in [5.41, 5.74) is 17.3. The summed E-state index contributed by atoms with van der Waals surface area (Å²) in [6.07, 6.45) is 0. The van der Waals surface area contributed by atoms with Crippen molar-refractivity contribution in [1.82, 2.24) is 15.0 Å². The van der Waals surface area contributed by atoms with Crippen molar-refractivity contribution >= 4 is 177 Å². The van der Waals surface area contributed by atoms with E-state index in [0.717, 1.165) is 49.6 Å². The van der Waals surface area contributed by atoms with Gasteiger partial charge in [0.2, 0.25) is 0 Å². The molecule has 0 unspecified atom stereocenters. The van der Waals surface area contributed by atoms with E-state index in [-0.39, 0.29) is 83.2 Å². The molecule has 0 N–H and O–H groups in total. The molecule has 20 radical (unpaired) electrons. The van der Waals surface area contributed by atoms with E-state index in [0.29, 0.717) is 22.1 Å². The van der Waals surface area contributed by atoms with Crippen molar-refractivity contribution in [2.75, 3.05) is 0 Å². The van der Waals surface area contributed by atoms with Crippen molar-refractivity contribution in [2.45, 2.75) is 5.41 Å². The molecule has 340 valence electrons. The molecule has 0 atom stereocenters. The normalized spacial score (nSPS) is 12.9. The van der Waals surface area contributed by atoms with E-state index in [9.17, 15) is 0 Å². The molecule has 15 rings (SSSR count). The summed E-state index contributed by atoms with van der Waals surface area (Å²) in [5, 5.41) is 3.42. The number of aromatic nitrogens is 3. The fourth-order valence-corrected chi connectivity index (χ4v) is 12.7. The van der Waals surface area contributed by atoms with Crippen LogP contribution in [0.1, 0.15) is 22.3 Å². The predicted molar refractivity (Wildman–Crippen MR) is 332 cm³/mol. The van der Waals surface area contributed by atoms with Crippen LogP contribution in [0.3, 0.4) is 0 Å². The lowest BCUT2D eigenvalue weighted by Gasteiger charge is -2.30. The van der Waals surface area contributed by atoms with Gasteiger partial charge in [0.15, 0.2) is 17.5 Å². The van der Waals surface area contributed by atoms with Crippen molar-refractivity contribution in [3.8, 4) is 78.7 Å². The van der Waals surface area contributed by atoms with Crippen LogP contribution in [0.4, 0.5) is 0 Å². The molecule has 2 aliphatic rings. The first kappa shape index (κ1) is 47.7. The van der Waals surface area contributed by atoms with Crippen LogP contribution in [-0.2, 0) is 5.41 Å². The first-order valence-electron chi connectivity index (χ1n) is 25.5. The van der Waals surface area contributed by atoms with Crippen LogP contribution in [0.2, 0.25) is 0 Å². The largest absolute Gasteiger partial charge is 0.456 e. The molecule has 0 saturated heterocycles. The zero-order chi connectivity index (χ0) is 53.9. The number of fused-ring (bicyclic) bond motifs is 16. The topological polar surface area (TPSA) is 65.0 Å². The SMILES string of the molecule is [B]c1c([B])c([B])c(-c2nc(-c3c([B])c([B])c([B])c([B])c3[B])nc(-c3cccc4oc5ccc(-c6cccc7oc8ccc(-c9cccc%10c9-c9ccccc9C%109c%10ccccc%10-c%10ccccc%109)cc8c67)cc5c34)n2)c([B])c1[B]. The van der Waals surface area contributed by atoms with E-state index in [1.807, 2.05) is 36.4 Å². The Morgan fingerprint density at radius 1 is 0.278 bits per heavy atom. The van der Waals surface area contributed by atoms with Gasteiger partial charge in [-0.1, -0.05) is 149 Å². The van der Waals surface area contributed by atoms with Gasteiger partial charge in [0.05, 0.1) is 5.41 Å². The summed E-state index contributed by atoms with van der Waals surface area (Å²) in [7, 11) is 64.6. The molecular formula is C64H27B10N3O2. The molecule has 0 fully saturated rings. The second kappa shape index (κ2) is 17.2. The second-order valence-corrected chi connectivity index (χ2v) is 20.3. The van der Waals surface area contributed by atoms with Crippen LogP contribution in [0.15, 0.2) is 173 Å². The average molecular weight is 978 g/mol. The monoisotopic (exact) mass is 979 g/mol. The molecule has 5 nitrogen and oxygen atoms in total. The molecule has 2 aliphatic carbocycles. The first-order chi connectivity index (χ1) is 38.3. The standard InChI is InChI=1S/C64H27B10N3O2/c65-51-49(52(66)56(70)59(73)55(51)69)62-75-61(76-63(77-62)50-53(67)57(71)60(74)58(72)54(50)68)35-15-9-21-45-48(35)37-27-29(23-25-43(37)79-45)31-14-8-20-44-47(31)36-26-28(22-24-42(36)78-44)30-13-7-19-41-46(30)34-12-3-6-18-40(34)64(41)38-16-4-1-10-32(38)33-11-2-5-17-39(33)64/h1-27H. The van der Waals surface area contributed by atoms with Crippen LogP contribution in [0, 0.1) is 0 Å². The number of furan rings is 2. The third-order valence-electron chi connectivity index (χ3n) is 16.4. The summed E-state index contributed by atoms with van der Waals surface area (Å²) < 4.78 is 13.3. The second-order valence-electron chi connectivity index (χ2n) is 20.3. The molecule has 0 amide bonds. The minimum atomic E-state index is -0.470. The number of benzene rings is 10. The summed E-state index contributed by atoms with van der Waals surface area (Å²) in [5.74, 6) is 0.142. The molecule has 0 saturated carbocycles. The van der Waals surface area contributed by atoms with Crippen LogP contribution in [0.25, 0.3) is 123 Å². The van der Waals surface area contributed by atoms with Crippen molar-refractivity contribution in [1.29, 1.82) is 0 Å². The van der Waals surface area contributed by atoms with E-state index >= 15 is 0 Å². The minimum Gasteiger partial charge on any atom is -0.456 e. The van der Waals surface area contributed by atoms with Crippen LogP contribution in [0.5, 0.6) is 0 Å². The van der Waals surface area contributed by atoms with Gasteiger partial charge in [0.1, 0.15) is 101 Å². The fourth-order valence-electron chi connectivity index (χ4n) is 12.7. The highest BCUT2D eigenvalue weighted by molar-refractivity contribution is 6.70. The molecule has 13 aromatic rings. The molecular weight excluding hydrogens is 951 g/mol. The van der Waals surface area contributed by atoms with Gasteiger partial charge < -0.3 is 8.83 Å². The maximum Gasteiger partial charge on any atom is 0.164 e. The van der Waals surface area contributed by atoms with Crippen molar-refractivity contribution in [2.24, 2.45) is 0 Å². The average Bonchev–Trinajstić information content (AvgIpc) is 2.34. The van der Waals surface area contributed by atoms with Crippen LogP contribution in [-0.4, -0.2) is 93.4 Å². The molecule has 0 bridgehead atoms. The predicted octanol–water partition coefficient (Wildman–Crippen LogP) is 4.29. The van der Waals surface area contributed by atoms with E-state index in [4.69, 9.17) is 102 Å². The van der Waals surface area contributed by atoms with E-state index in [1.54, 1.807) is 0 Å². The smallest absolute Gasteiger partial charge is 0.164 e. The Kier molecular flexibility index (Phi) is 10.4. The molecule has 15 heteroatoms. The number of nitrogens with zero attached hydrogens (tertiary/aromatic N) is 3. The van der Waals surface area contributed by atoms with Gasteiger partial charge in [0.25, 0.3) is 0 Å². The highest BCUT2D eigenvalue weighted by Crippen LogP contribution is 2.64. The summed E-state index contributed by atoms with van der Waals surface area (Å²) in [4.78, 5) is 14.8. The lowest BCUT2D eigenvalue weighted by atomic mass is 9.60. The molecule has 3 aromatic heterocycles. The Labute approximate surface area is 468 Å². The quantitative estimate of drug-likeness (QED) is 0.241. The van der Waals surface area contributed by atoms with Gasteiger partial charge in [-0.05, 0) is 103 Å². The summed E-state index contributed by atoms with van der Waals surface area (Å²) in [6.45, 7) is 0. The fraction of sp³-hybridized carbons (Fsp3) is 0.0156. The zero-order valence-corrected chi connectivity index (χ0v) is 42.0. The van der Waals surface area contributed by atoms with E-state index < -0.39 is 5.41 Å². The van der Waals surface area contributed by atoms with Gasteiger partial charge in [-0.25, -0.2) is 15.0 Å². The summed E-state index contributed by atoms with van der Waals surface area (Å²) in [6, 6.07) is 57.8. The molecule has 79 heavy (non-hydrogen) atoms. The Morgan fingerprint density at radius 2 is 0.646 bits per heavy atom. The highest BCUT2D eigenvalue weighted by atomic mass is 16.3. The number of rotatable bonds is 5. The Morgan fingerprint density at radius 3 is 1.16 bits per heavy atom. The lowest BCUT2D eigenvalue weighted by molar-refractivity contribution is 0.669. The molecule has 1 spiro atoms. The van der Waals surface area contributed by atoms with Gasteiger partial charge in [-0.2, -0.15) is 0 Å². The Balaban J connectivity index is 0.917. The lowest BCUT2D eigenvalue weighted by Crippen LogP contribution is -2.55. The first-order valence-corrected chi connectivity index (χ1v) is 25.5. The number of hydrogen-bond acceptors (Lipinski definition) is 5. The van der Waals surface area contributed by atoms with Gasteiger partial charge in [-0.3, -0.25) is 0 Å². The van der Waals surface area contributed by atoms with Crippen molar-refractivity contribution in [3.05, 3.63) is 186 Å². The van der Waals surface area contributed by atoms with Gasteiger partial charge >= 0.3 is 0 Å². The molecule has 10 aromatic carbocycles. The van der Waals surface area contributed by atoms with Crippen LogP contribution >= 0.6 is 0 Å². The third kappa shape index (κ3) is 6.50. The zero-order valence-electron chi connectivity index (χ0n) is 42.0. The van der Waals surface area contributed by atoms with Gasteiger partial charge in [-0.15, -0.1) is 32.8 Å². The molecule has 0 aliphatic heterocycles. The third-order valence-corrected chi connectivity index (χ3v) is 16.4. The summed E-state index contributed by atoms with van der Waals surface area (Å²) >= 11 is 0. The minimum absolute atomic E-state index is 0.00174. The molecule has 3 heterocycles. The van der Waals surface area contributed by atoms with Crippen molar-refractivity contribution < 1.29 is 8.83 Å². The number of hydrogen-bond donors (Lipinski definition) is 0. The van der Waals surface area contributed by atoms with E-state index in [1.165, 1.54) is 44.5 Å². The Hall–Kier alpha value is -8.54. The van der Waals surface area contributed by atoms with Crippen LogP contribution < -0.4 is 54.6 Å². The van der Waals surface area contributed by atoms with Crippen molar-refractivity contribution in [3.63, 3.8) is 0 Å². The highest BCUT2D eigenvalue weighted by Gasteiger charge is 2.52. The Bertz CT molecular complexity index is 4700. The van der Waals surface area contributed by atoms with Gasteiger partial charge in [0, 0.05) is 38.2 Å².